The summed E-state index contributed by atoms with van der Waals surface area (Å²) in [6, 6.07) is 3.06. The van der Waals surface area contributed by atoms with Crippen molar-refractivity contribution in [1.29, 1.82) is 0 Å². The Morgan fingerprint density at radius 2 is 2.00 bits per heavy atom. The van der Waals surface area contributed by atoms with Crippen LogP contribution in [0.5, 0.6) is 0 Å². The number of rotatable bonds is 6. The molecule has 7 heteroatoms. The molecule has 0 radical (unpaired) electrons. The molecule has 0 aliphatic carbocycles. The molecular weight excluding hydrogens is 280 g/mol. The summed E-state index contributed by atoms with van der Waals surface area (Å²) >= 11 is 6.75. The van der Waals surface area contributed by atoms with Gasteiger partial charge < -0.3 is 5.73 Å². The number of nitrogens with one attached hydrogen (secondary N) is 1. The lowest BCUT2D eigenvalue weighted by Crippen LogP contribution is -2.49. The fourth-order valence-corrected chi connectivity index (χ4v) is 3.92. The summed E-state index contributed by atoms with van der Waals surface area (Å²) in [6.45, 7) is 4.12. The van der Waals surface area contributed by atoms with Crippen molar-refractivity contribution in [3.8, 4) is 0 Å². The highest BCUT2D eigenvalue weighted by molar-refractivity contribution is 7.91. The van der Waals surface area contributed by atoms with Crippen LogP contribution in [0.15, 0.2) is 16.3 Å². The Hall–Kier alpha value is -0.140. The molecule has 1 aromatic rings. The number of thiophene rings is 1. The number of halogens is 1. The topological polar surface area (TPSA) is 72.2 Å². The summed E-state index contributed by atoms with van der Waals surface area (Å²) in [5, 5.41) is 0. The van der Waals surface area contributed by atoms with Gasteiger partial charge in [0.15, 0.2) is 0 Å². The predicted molar refractivity (Wildman–Crippen MR) is 72.0 cm³/mol. The molecule has 1 rings (SSSR count). The van der Waals surface area contributed by atoms with Crippen molar-refractivity contribution in [1.82, 2.24) is 4.72 Å². The molecular formula is C10H17ClN2O2S2. The first-order valence-electron chi connectivity index (χ1n) is 5.37. The lowest BCUT2D eigenvalue weighted by atomic mass is 9.95. The van der Waals surface area contributed by atoms with Gasteiger partial charge in [0.1, 0.15) is 4.21 Å². The molecule has 0 fully saturated rings. The van der Waals surface area contributed by atoms with Crippen molar-refractivity contribution in [2.45, 2.75) is 36.4 Å². The minimum Gasteiger partial charge on any atom is -0.324 e. The Labute approximate surface area is 111 Å². The minimum absolute atomic E-state index is 0.219. The minimum atomic E-state index is -3.49. The Kier molecular flexibility index (Phi) is 4.97. The van der Waals surface area contributed by atoms with Crippen LogP contribution in [0.25, 0.3) is 0 Å². The first-order valence-corrected chi connectivity index (χ1v) is 8.04. The van der Waals surface area contributed by atoms with Gasteiger partial charge in [-0.3, -0.25) is 0 Å². The molecule has 0 aliphatic heterocycles. The summed E-state index contributed by atoms with van der Waals surface area (Å²) in [6.07, 6.45) is 1.44. The molecule has 1 heterocycles. The van der Waals surface area contributed by atoms with E-state index in [1.165, 1.54) is 6.07 Å². The van der Waals surface area contributed by atoms with Crippen LogP contribution in [0.4, 0.5) is 0 Å². The Balaban J connectivity index is 2.75. The second-order valence-electron chi connectivity index (χ2n) is 3.95. The van der Waals surface area contributed by atoms with E-state index in [1.54, 1.807) is 6.07 Å². The Bertz CT molecular complexity index is 466. The number of hydrogen-bond acceptors (Lipinski definition) is 4. The van der Waals surface area contributed by atoms with Crippen molar-refractivity contribution >= 4 is 33.0 Å². The molecule has 0 aromatic carbocycles. The molecule has 0 amide bonds. The number of sulfonamides is 1. The summed E-state index contributed by atoms with van der Waals surface area (Å²) in [5.74, 6) is 0. The van der Waals surface area contributed by atoms with Gasteiger partial charge in [0.25, 0.3) is 0 Å². The molecule has 0 unspecified atom stereocenters. The molecule has 0 saturated carbocycles. The van der Waals surface area contributed by atoms with Crippen LogP contribution in [-0.2, 0) is 10.0 Å². The number of nitrogens with two attached hydrogens (primary N) is 1. The van der Waals surface area contributed by atoms with Crippen molar-refractivity contribution < 1.29 is 8.42 Å². The monoisotopic (exact) mass is 296 g/mol. The highest BCUT2D eigenvalue weighted by Crippen LogP contribution is 2.25. The zero-order chi connectivity index (χ0) is 13.1. The summed E-state index contributed by atoms with van der Waals surface area (Å²) in [4.78, 5) is 0. The van der Waals surface area contributed by atoms with Crippen LogP contribution < -0.4 is 10.5 Å². The fraction of sp³-hybridized carbons (Fsp3) is 0.600. The maximum absolute atomic E-state index is 11.9. The van der Waals surface area contributed by atoms with E-state index < -0.39 is 15.6 Å². The van der Waals surface area contributed by atoms with Gasteiger partial charge in [-0.05, 0) is 25.0 Å². The normalized spacial score (nSPS) is 12.9. The van der Waals surface area contributed by atoms with E-state index >= 15 is 0 Å². The standard InChI is InChI=1S/C10H17ClN2O2S2/c1-3-10(12,4-2)7-13-17(14,15)9-6-5-8(11)16-9/h5-6,13H,3-4,7,12H2,1-2H3. The number of hydrogen-bond donors (Lipinski definition) is 2. The fourth-order valence-electron chi connectivity index (χ4n) is 1.25. The Morgan fingerprint density at radius 3 is 2.41 bits per heavy atom. The maximum atomic E-state index is 11.9. The highest BCUT2D eigenvalue weighted by Gasteiger charge is 2.24. The van der Waals surface area contributed by atoms with Crippen molar-refractivity contribution in [2.75, 3.05) is 6.54 Å². The molecule has 3 N–H and O–H groups in total. The van der Waals surface area contributed by atoms with Gasteiger partial charge in [0.05, 0.1) is 4.34 Å². The van der Waals surface area contributed by atoms with Crippen LogP contribution in [0, 0.1) is 0 Å². The second-order valence-corrected chi connectivity index (χ2v) is 7.66. The van der Waals surface area contributed by atoms with E-state index in [0.29, 0.717) is 4.34 Å². The van der Waals surface area contributed by atoms with E-state index in [1.807, 2.05) is 13.8 Å². The van der Waals surface area contributed by atoms with Crippen LogP contribution >= 0.6 is 22.9 Å². The van der Waals surface area contributed by atoms with Gasteiger partial charge >= 0.3 is 0 Å². The molecule has 98 valence electrons. The SMILES string of the molecule is CCC(N)(CC)CNS(=O)(=O)c1ccc(Cl)s1. The van der Waals surface area contributed by atoms with Gasteiger partial charge in [0.2, 0.25) is 10.0 Å². The third kappa shape index (κ3) is 3.93. The highest BCUT2D eigenvalue weighted by atomic mass is 35.5. The van der Waals surface area contributed by atoms with E-state index in [0.717, 1.165) is 24.2 Å². The van der Waals surface area contributed by atoms with Crippen molar-refractivity contribution in [3.05, 3.63) is 16.5 Å². The predicted octanol–water partition coefficient (Wildman–Crippen LogP) is 2.20. The van der Waals surface area contributed by atoms with Crippen LogP contribution in [0.2, 0.25) is 4.34 Å². The lowest BCUT2D eigenvalue weighted by Gasteiger charge is -2.26. The summed E-state index contributed by atoms with van der Waals surface area (Å²) < 4.78 is 27.0. The first kappa shape index (κ1) is 14.9. The van der Waals surface area contributed by atoms with Gasteiger partial charge in [-0.1, -0.05) is 25.4 Å². The van der Waals surface area contributed by atoms with Crippen LogP contribution in [0.3, 0.4) is 0 Å². The molecule has 4 nitrogen and oxygen atoms in total. The van der Waals surface area contributed by atoms with Crippen LogP contribution in [0.1, 0.15) is 26.7 Å². The van der Waals surface area contributed by atoms with Crippen molar-refractivity contribution in [3.63, 3.8) is 0 Å². The van der Waals surface area contributed by atoms with E-state index in [2.05, 4.69) is 4.72 Å². The Morgan fingerprint density at radius 1 is 1.41 bits per heavy atom. The van der Waals surface area contributed by atoms with E-state index in [9.17, 15) is 8.42 Å². The first-order chi connectivity index (χ1) is 7.83. The molecule has 0 bridgehead atoms. The molecule has 0 aliphatic rings. The second kappa shape index (κ2) is 5.67. The molecule has 0 spiro atoms. The van der Waals surface area contributed by atoms with Crippen molar-refractivity contribution in [2.24, 2.45) is 5.73 Å². The van der Waals surface area contributed by atoms with Gasteiger partial charge in [-0.2, -0.15) is 0 Å². The lowest BCUT2D eigenvalue weighted by molar-refractivity contribution is 0.392. The smallest absolute Gasteiger partial charge is 0.250 e. The maximum Gasteiger partial charge on any atom is 0.250 e. The largest absolute Gasteiger partial charge is 0.324 e. The zero-order valence-electron chi connectivity index (χ0n) is 9.86. The molecule has 1 aromatic heterocycles. The van der Waals surface area contributed by atoms with Gasteiger partial charge in [0, 0.05) is 12.1 Å². The average molecular weight is 297 g/mol. The van der Waals surface area contributed by atoms with E-state index in [-0.39, 0.29) is 10.8 Å². The van der Waals surface area contributed by atoms with Gasteiger partial charge in [-0.25, -0.2) is 13.1 Å². The summed E-state index contributed by atoms with van der Waals surface area (Å²) in [7, 11) is -3.49. The molecule has 0 saturated heterocycles. The zero-order valence-corrected chi connectivity index (χ0v) is 12.3. The van der Waals surface area contributed by atoms with E-state index in [4.69, 9.17) is 17.3 Å². The molecule has 17 heavy (non-hydrogen) atoms. The van der Waals surface area contributed by atoms with Crippen LogP contribution in [-0.4, -0.2) is 20.5 Å². The van der Waals surface area contributed by atoms with Gasteiger partial charge in [-0.15, -0.1) is 11.3 Å². The third-order valence-electron chi connectivity index (χ3n) is 2.84. The summed E-state index contributed by atoms with van der Waals surface area (Å²) in [5.41, 5.74) is 5.55. The quantitative estimate of drug-likeness (QED) is 0.845. The third-order valence-corrected chi connectivity index (χ3v) is 5.96. The average Bonchev–Trinajstić information content (AvgIpc) is 2.74. The molecule has 0 atom stereocenters.